The molecular formula is C63H112O6. The minimum absolute atomic E-state index is 0.0713. The van der Waals surface area contributed by atoms with Crippen LogP contribution in [0.1, 0.15) is 303 Å². The minimum Gasteiger partial charge on any atom is -0.462 e. The van der Waals surface area contributed by atoms with Gasteiger partial charge in [-0.1, -0.05) is 281 Å². The van der Waals surface area contributed by atoms with Gasteiger partial charge in [-0.2, -0.15) is 0 Å². The molecule has 0 aliphatic heterocycles. The molecule has 1 atom stereocenters. The summed E-state index contributed by atoms with van der Waals surface area (Å²) in [6.07, 6.45) is 72.1. The Hall–Kier alpha value is -2.89. The van der Waals surface area contributed by atoms with Crippen molar-refractivity contribution in [2.24, 2.45) is 0 Å². The van der Waals surface area contributed by atoms with E-state index in [-0.39, 0.29) is 31.1 Å². The summed E-state index contributed by atoms with van der Waals surface area (Å²) in [4.78, 5) is 38.1. The van der Waals surface area contributed by atoms with Crippen LogP contribution in [0.3, 0.4) is 0 Å². The number of carbonyl (C=O) groups is 3. The van der Waals surface area contributed by atoms with Crippen molar-refractivity contribution >= 4 is 17.9 Å². The first-order valence-corrected chi connectivity index (χ1v) is 29.8. The number of unbranched alkanes of at least 4 members (excludes halogenated alkanes) is 33. The van der Waals surface area contributed by atoms with Gasteiger partial charge in [0.25, 0.3) is 0 Å². The van der Waals surface area contributed by atoms with Gasteiger partial charge in [0.2, 0.25) is 0 Å². The van der Waals surface area contributed by atoms with Gasteiger partial charge < -0.3 is 14.2 Å². The average Bonchev–Trinajstić information content (AvgIpc) is 3.35. The molecule has 0 radical (unpaired) electrons. The van der Waals surface area contributed by atoms with E-state index in [9.17, 15) is 14.4 Å². The number of hydrogen-bond acceptors (Lipinski definition) is 6. The van der Waals surface area contributed by atoms with E-state index in [4.69, 9.17) is 14.2 Å². The molecule has 69 heavy (non-hydrogen) atoms. The van der Waals surface area contributed by atoms with Crippen molar-refractivity contribution in [3.05, 3.63) is 60.8 Å². The number of allylic oxidation sites excluding steroid dienone is 10. The maximum atomic E-state index is 12.8. The third-order valence-corrected chi connectivity index (χ3v) is 13.0. The first-order chi connectivity index (χ1) is 34.0. The van der Waals surface area contributed by atoms with Crippen LogP contribution < -0.4 is 0 Å². The van der Waals surface area contributed by atoms with Crippen LogP contribution in [-0.2, 0) is 28.6 Å². The van der Waals surface area contributed by atoms with Crippen LogP contribution in [0.2, 0.25) is 0 Å². The lowest BCUT2D eigenvalue weighted by atomic mass is 10.0. The van der Waals surface area contributed by atoms with Gasteiger partial charge in [-0.3, -0.25) is 14.4 Å². The lowest BCUT2D eigenvalue weighted by molar-refractivity contribution is -0.167. The molecule has 1 unspecified atom stereocenters. The minimum atomic E-state index is -0.772. The summed E-state index contributed by atoms with van der Waals surface area (Å²) in [6, 6.07) is 0. The molecule has 0 heterocycles. The van der Waals surface area contributed by atoms with Gasteiger partial charge in [-0.05, 0) is 64.2 Å². The molecule has 0 N–H and O–H groups in total. The summed E-state index contributed by atoms with van der Waals surface area (Å²) in [7, 11) is 0. The fourth-order valence-corrected chi connectivity index (χ4v) is 8.59. The normalized spacial score (nSPS) is 12.4. The lowest BCUT2D eigenvalue weighted by Gasteiger charge is -2.18. The molecule has 0 amide bonds. The van der Waals surface area contributed by atoms with Gasteiger partial charge in [0, 0.05) is 19.3 Å². The van der Waals surface area contributed by atoms with Crippen molar-refractivity contribution in [3.8, 4) is 0 Å². The molecule has 400 valence electrons. The summed E-state index contributed by atoms with van der Waals surface area (Å²) < 4.78 is 16.9. The first-order valence-electron chi connectivity index (χ1n) is 29.8. The predicted molar refractivity (Wildman–Crippen MR) is 298 cm³/mol. The summed E-state index contributed by atoms with van der Waals surface area (Å²) in [5, 5.41) is 0. The van der Waals surface area contributed by atoms with Crippen molar-refractivity contribution in [2.45, 2.75) is 309 Å². The van der Waals surface area contributed by atoms with Crippen molar-refractivity contribution < 1.29 is 28.6 Å². The van der Waals surface area contributed by atoms with Crippen LogP contribution in [0.5, 0.6) is 0 Å². The second-order valence-corrected chi connectivity index (χ2v) is 19.9. The first kappa shape index (κ1) is 66.1. The summed E-state index contributed by atoms with van der Waals surface area (Å²) in [5.41, 5.74) is 0. The van der Waals surface area contributed by atoms with Gasteiger partial charge in [0.15, 0.2) is 6.10 Å². The highest BCUT2D eigenvalue weighted by Gasteiger charge is 2.19. The molecule has 0 saturated carbocycles. The molecule has 0 fully saturated rings. The third-order valence-electron chi connectivity index (χ3n) is 13.0. The monoisotopic (exact) mass is 965 g/mol. The quantitative estimate of drug-likeness (QED) is 0.0262. The molecule has 0 bridgehead atoms. The number of esters is 3. The molecular weight excluding hydrogens is 853 g/mol. The van der Waals surface area contributed by atoms with Crippen molar-refractivity contribution in [2.75, 3.05) is 13.2 Å². The predicted octanol–water partition coefficient (Wildman–Crippen LogP) is 20.0. The van der Waals surface area contributed by atoms with Crippen molar-refractivity contribution in [3.63, 3.8) is 0 Å². The summed E-state index contributed by atoms with van der Waals surface area (Å²) in [5.74, 6) is -0.863. The van der Waals surface area contributed by atoms with Gasteiger partial charge >= 0.3 is 17.9 Å². The van der Waals surface area contributed by atoms with Crippen molar-refractivity contribution in [1.29, 1.82) is 0 Å². The van der Waals surface area contributed by atoms with Crippen LogP contribution in [0.4, 0.5) is 0 Å². The highest BCUT2D eigenvalue weighted by molar-refractivity contribution is 5.71. The van der Waals surface area contributed by atoms with Crippen LogP contribution >= 0.6 is 0 Å². The topological polar surface area (TPSA) is 78.9 Å². The van der Waals surface area contributed by atoms with E-state index in [1.807, 2.05) is 0 Å². The number of carbonyl (C=O) groups excluding carboxylic acids is 3. The maximum Gasteiger partial charge on any atom is 0.306 e. The molecule has 6 heteroatoms. The van der Waals surface area contributed by atoms with Gasteiger partial charge in [0.1, 0.15) is 13.2 Å². The van der Waals surface area contributed by atoms with E-state index in [1.165, 1.54) is 167 Å². The van der Waals surface area contributed by atoms with E-state index >= 15 is 0 Å². The van der Waals surface area contributed by atoms with E-state index in [0.29, 0.717) is 19.3 Å². The molecule has 0 aliphatic rings. The Balaban J connectivity index is 4.26. The second-order valence-electron chi connectivity index (χ2n) is 19.9. The summed E-state index contributed by atoms with van der Waals surface area (Å²) >= 11 is 0. The average molecular weight is 966 g/mol. The number of hydrogen-bond donors (Lipinski definition) is 0. The van der Waals surface area contributed by atoms with Gasteiger partial charge in [-0.15, -0.1) is 0 Å². The van der Waals surface area contributed by atoms with Crippen LogP contribution in [0.15, 0.2) is 60.8 Å². The Morgan fingerprint density at radius 2 is 0.565 bits per heavy atom. The Morgan fingerprint density at radius 3 is 0.884 bits per heavy atom. The molecule has 0 aromatic heterocycles. The fourth-order valence-electron chi connectivity index (χ4n) is 8.59. The summed E-state index contributed by atoms with van der Waals surface area (Å²) in [6.45, 7) is 6.55. The zero-order valence-corrected chi connectivity index (χ0v) is 45.8. The van der Waals surface area contributed by atoms with Gasteiger partial charge in [-0.25, -0.2) is 0 Å². The molecule has 0 spiro atoms. The van der Waals surface area contributed by atoms with E-state index < -0.39 is 6.10 Å². The van der Waals surface area contributed by atoms with E-state index in [2.05, 4.69) is 81.5 Å². The van der Waals surface area contributed by atoms with Gasteiger partial charge in [0.05, 0.1) is 0 Å². The SMILES string of the molecule is CC/C=C\C/C=C\C/C=C\C/C=C\C/C=C\CCCCCCCCCCCC(=O)OCC(COC(=O)CCCCCCCCCCCCC)OC(=O)CCCCCCCCCCCCCCCCC. The van der Waals surface area contributed by atoms with E-state index in [1.54, 1.807) is 0 Å². The molecule has 6 nitrogen and oxygen atoms in total. The van der Waals surface area contributed by atoms with Crippen LogP contribution in [-0.4, -0.2) is 37.2 Å². The zero-order chi connectivity index (χ0) is 50.0. The van der Waals surface area contributed by atoms with Crippen LogP contribution in [0, 0.1) is 0 Å². The molecule has 0 rings (SSSR count). The Bertz CT molecular complexity index is 1250. The fraction of sp³-hybridized carbons (Fsp3) is 0.794. The smallest absolute Gasteiger partial charge is 0.306 e. The lowest BCUT2D eigenvalue weighted by Crippen LogP contribution is -2.30. The largest absolute Gasteiger partial charge is 0.462 e. The molecule has 0 aromatic carbocycles. The number of ether oxygens (including phenoxy) is 3. The maximum absolute atomic E-state index is 12.8. The zero-order valence-electron chi connectivity index (χ0n) is 45.8. The second kappa shape index (κ2) is 57.7. The highest BCUT2D eigenvalue weighted by atomic mass is 16.6. The molecule has 0 aliphatic carbocycles. The van der Waals surface area contributed by atoms with Crippen molar-refractivity contribution in [1.82, 2.24) is 0 Å². The molecule has 0 saturated heterocycles. The molecule has 0 aromatic rings. The van der Waals surface area contributed by atoms with Crippen LogP contribution in [0.25, 0.3) is 0 Å². The highest BCUT2D eigenvalue weighted by Crippen LogP contribution is 2.17. The Labute approximate surface area is 428 Å². The third kappa shape index (κ3) is 55.9. The Kier molecular flexibility index (Phi) is 55.3. The Morgan fingerprint density at radius 1 is 0.304 bits per heavy atom. The van der Waals surface area contributed by atoms with E-state index in [0.717, 1.165) is 96.3 Å². The number of rotatable bonds is 54. The standard InChI is InChI=1S/C63H112O6/c1-4-7-10-13-16-19-22-24-26-27-28-29-30-31-32-33-34-35-37-38-41-44-47-50-53-56-62(65)68-59-60(58-67-61(64)55-52-49-46-43-40-21-18-15-12-9-6-3)69-63(66)57-54-51-48-45-42-39-36-25-23-20-17-14-11-8-5-2/h7,10,16,19,24,26,28-29,31-32,60H,4-6,8-9,11-15,17-18,20-23,25,27,30,33-59H2,1-3H3/b10-7-,19-16-,26-24-,29-28-,32-31-.